The van der Waals surface area contributed by atoms with Gasteiger partial charge in [-0.15, -0.1) is 0 Å². The Hall–Kier alpha value is -2.22. The topological polar surface area (TPSA) is 113 Å². The molecule has 0 fully saturated rings. The number of carbonyl (C=O) groups is 3. The molecule has 0 aliphatic rings. The Morgan fingerprint density at radius 2 is 1.53 bits per heavy atom. The number of amides is 4. The number of hydrogen-bond donors (Lipinski definition) is 4. The summed E-state index contributed by atoms with van der Waals surface area (Å²) in [6.45, 7) is 12.8. The number of rotatable bonds is 17. The molecule has 0 bridgehead atoms. The first-order chi connectivity index (χ1) is 16.0. The zero-order valence-corrected chi connectivity index (χ0v) is 22.8. The minimum Gasteiger partial charge on any atom is -0.370 e. The van der Waals surface area contributed by atoms with E-state index in [0.717, 1.165) is 37.2 Å². The molecule has 2 unspecified atom stereocenters. The van der Waals surface area contributed by atoms with Gasteiger partial charge in [0.05, 0.1) is 0 Å². The molecule has 0 saturated heterocycles. The number of urea groups is 1. The largest absolute Gasteiger partial charge is 0.370 e. The quantitative estimate of drug-likeness (QED) is 0.175. The molecule has 0 aromatic carbocycles. The molecule has 0 rings (SSSR count). The molecule has 0 heterocycles. The van der Waals surface area contributed by atoms with Gasteiger partial charge in [-0.2, -0.15) is 11.8 Å². The molecule has 0 spiro atoms. The van der Waals surface area contributed by atoms with Crippen molar-refractivity contribution in [2.75, 3.05) is 18.1 Å². The predicted molar refractivity (Wildman–Crippen MR) is 145 cm³/mol. The van der Waals surface area contributed by atoms with Crippen molar-refractivity contribution < 1.29 is 14.4 Å². The van der Waals surface area contributed by atoms with Crippen LogP contribution in [0.3, 0.4) is 0 Å². The molecule has 0 radical (unpaired) electrons. The number of nitrogens with two attached hydrogens (primary N) is 1. The van der Waals surface area contributed by atoms with Gasteiger partial charge < -0.3 is 21.7 Å². The Morgan fingerprint density at radius 3 is 2.12 bits per heavy atom. The van der Waals surface area contributed by atoms with Gasteiger partial charge >= 0.3 is 6.03 Å². The number of hydrogen-bond acceptors (Lipinski definition) is 4. The fourth-order valence-corrected chi connectivity index (χ4v) is 4.07. The fourth-order valence-electron chi connectivity index (χ4n) is 3.10. The van der Waals surface area contributed by atoms with Crippen molar-refractivity contribution in [3.05, 3.63) is 34.9 Å². The zero-order valence-electron chi connectivity index (χ0n) is 22.0. The summed E-state index contributed by atoms with van der Waals surface area (Å²) in [6.07, 6.45) is 11.4. The first kappa shape index (κ1) is 31.8. The van der Waals surface area contributed by atoms with E-state index in [9.17, 15) is 14.4 Å². The maximum Gasteiger partial charge on any atom is 0.315 e. The van der Waals surface area contributed by atoms with Crippen LogP contribution < -0.4 is 21.7 Å². The molecule has 0 aromatic heterocycles. The highest BCUT2D eigenvalue weighted by atomic mass is 32.2. The van der Waals surface area contributed by atoms with E-state index < -0.39 is 18.0 Å². The van der Waals surface area contributed by atoms with E-state index in [0.29, 0.717) is 6.54 Å². The molecule has 0 aliphatic heterocycles. The summed E-state index contributed by atoms with van der Waals surface area (Å²) in [5.74, 6) is 0.829. The molecule has 194 valence electrons. The maximum atomic E-state index is 12.6. The minimum atomic E-state index is -0.799. The molecule has 0 aromatic rings. The van der Waals surface area contributed by atoms with Crippen molar-refractivity contribution in [3.63, 3.8) is 0 Å². The Morgan fingerprint density at radius 1 is 0.912 bits per heavy atom. The maximum absolute atomic E-state index is 12.6. The third-order valence-corrected chi connectivity index (χ3v) is 6.21. The Bertz CT molecular complexity index is 728. The van der Waals surface area contributed by atoms with Crippen LogP contribution >= 0.6 is 11.8 Å². The van der Waals surface area contributed by atoms with Crippen molar-refractivity contribution in [1.82, 2.24) is 16.0 Å². The average molecular weight is 495 g/mol. The lowest BCUT2D eigenvalue weighted by atomic mass is 10.1. The summed E-state index contributed by atoms with van der Waals surface area (Å²) in [7, 11) is 0. The Balaban J connectivity index is 4.37. The summed E-state index contributed by atoms with van der Waals surface area (Å²) in [5, 5.41) is 8.13. The Kier molecular flexibility index (Phi) is 17.9. The summed E-state index contributed by atoms with van der Waals surface area (Å²) in [5.41, 5.74) is 9.39. The van der Waals surface area contributed by atoms with Gasteiger partial charge in [-0.1, -0.05) is 34.9 Å². The smallest absolute Gasteiger partial charge is 0.315 e. The summed E-state index contributed by atoms with van der Waals surface area (Å²) in [4.78, 5) is 35.5. The number of primary amides is 1. The van der Waals surface area contributed by atoms with Crippen molar-refractivity contribution >= 4 is 29.6 Å². The van der Waals surface area contributed by atoms with E-state index in [4.69, 9.17) is 5.73 Å². The lowest BCUT2D eigenvalue weighted by Gasteiger charge is -2.21. The van der Waals surface area contributed by atoms with Crippen LogP contribution in [0.5, 0.6) is 0 Å². The standard InChI is InChI=1S/C26H46N4O3S/c1-7-28-26(33)30-23(14-15-24(27)31)25(32)29-22(6)18-34-17-16-21(5)13-9-12-20(4)11-8-10-19(2)3/h10,12,16,22-23H,7-9,11,13-15,17-18H2,1-6H3,(H2,27,31)(H,29,32)(H2,28,30,33)/b20-12+,21-16+. The third kappa shape index (κ3) is 18.2. The highest BCUT2D eigenvalue weighted by molar-refractivity contribution is 7.99. The monoisotopic (exact) mass is 494 g/mol. The van der Waals surface area contributed by atoms with Crippen molar-refractivity contribution in [1.29, 1.82) is 0 Å². The number of thioether (sulfide) groups is 1. The van der Waals surface area contributed by atoms with Crippen LogP contribution in [0.2, 0.25) is 0 Å². The minimum absolute atomic E-state index is 0.0296. The molecule has 5 N–H and O–H groups in total. The molecular formula is C26H46N4O3S. The van der Waals surface area contributed by atoms with E-state index in [1.165, 1.54) is 16.7 Å². The summed E-state index contributed by atoms with van der Waals surface area (Å²) >= 11 is 1.75. The molecule has 0 saturated carbocycles. The SMILES string of the molecule is CCNC(=O)NC(CCC(N)=O)C(=O)NC(C)CSC/C=C(\C)CC/C=C(\C)CCC=C(C)C. The van der Waals surface area contributed by atoms with Gasteiger partial charge in [0, 0.05) is 30.5 Å². The highest BCUT2D eigenvalue weighted by Crippen LogP contribution is 2.13. The molecule has 34 heavy (non-hydrogen) atoms. The summed E-state index contributed by atoms with van der Waals surface area (Å²) in [6, 6.07) is -1.30. The number of allylic oxidation sites excluding steroid dienone is 5. The van der Waals surface area contributed by atoms with Gasteiger partial charge in [-0.3, -0.25) is 9.59 Å². The number of carbonyl (C=O) groups excluding carboxylic acids is 3. The van der Waals surface area contributed by atoms with Gasteiger partial charge in [-0.25, -0.2) is 4.79 Å². The average Bonchev–Trinajstić information content (AvgIpc) is 2.73. The van der Waals surface area contributed by atoms with Gasteiger partial charge in [0.15, 0.2) is 0 Å². The normalized spacial score (nSPS) is 13.6. The van der Waals surface area contributed by atoms with Crippen LogP contribution in [0, 0.1) is 0 Å². The van der Waals surface area contributed by atoms with Crippen LogP contribution in [0.4, 0.5) is 4.79 Å². The van der Waals surface area contributed by atoms with E-state index in [1.807, 2.05) is 6.92 Å². The van der Waals surface area contributed by atoms with Gasteiger partial charge in [0.2, 0.25) is 11.8 Å². The van der Waals surface area contributed by atoms with Crippen LogP contribution in [0.25, 0.3) is 0 Å². The second kappa shape index (κ2) is 19.1. The van der Waals surface area contributed by atoms with Gasteiger partial charge in [0.25, 0.3) is 0 Å². The second-order valence-electron chi connectivity index (χ2n) is 8.97. The predicted octanol–water partition coefficient (Wildman–Crippen LogP) is 4.60. The number of nitrogens with one attached hydrogen (secondary N) is 3. The van der Waals surface area contributed by atoms with Gasteiger partial charge in [0.1, 0.15) is 6.04 Å². The third-order valence-electron chi connectivity index (χ3n) is 5.07. The van der Waals surface area contributed by atoms with Crippen molar-refractivity contribution in [3.8, 4) is 0 Å². The zero-order chi connectivity index (χ0) is 25.9. The van der Waals surface area contributed by atoms with Crippen LogP contribution in [0.15, 0.2) is 34.9 Å². The van der Waals surface area contributed by atoms with E-state index in [-0.39, 0.29) is 24.8 Å². The van der Waals surface area contributed by atoms with Crippen LogP contribution in [0.1, 0.15) is 80.1 Å². The van der Waals surface area contributed by atoms with E-state index in [2.05, 4.69) is 61.9 Å². The van der Waals surface area contributed by atoms with Crippen LogP contribution in [-0.4, -0.2) is 48.0 Å². The Labute approximate surface area is 210 Å². The molecule has 7 nitrogen and oxygen atoms in total. The van der Waals surface area contributed by atoms with E-state index >= 15 is 0 Å². The molecular weight excluding hydrogens is 448 g/mol. The lowest BCUT2D eigenvalue weighted by Crippen LogP contribution is -2.52. The molecule has 2 atom stereocenters. The van der Waals surface area contributed by atoms with Crippen molar-refractivity contribution in [2.24, 2.45) is 5.73 Å². The molecule has 0 aliphatic carbocycles. The highest BCUT2D eigenvalue weighted by Gasteiger charge is 2.22. The molecule has 8 heteroatoms. The van der Waals surface area contributed by atoms with E-state index in [1.54, 1.807) is 18.7 Å². The molecule has 4 amide bonds. The van der Waals surface area contributed by atoms with Crippen molar-refractivity contribution in [2.45, 2.75) is 92.2 Å². The fraction of sp³-hybridized carbons (Fsp3) is 0.654. The lowest BCUT2D eigenvalue weighted by molar-refractivity contribution is -0.123. The van der Waals surface area contributed by atoms with Gasteiger partial charge in [-0.05, 0) is 73.6 Å². The van der Waals surface area contributed by atoms with Crippen LogP contribution in [-0.2, 0) is 9.59 Å². The summed E-state index contributed by atoms with van der Waals surface area (Å²) < 4.78 is 0. The first-order valence-corrected chi connectivity index (χ1v) is 13.4. The second-order valence-corrected chi connectivity index (χ2v) is 10.0. The first-order valence-electron chi connectivity index (χ1n) is 12.2.